The van der Waals surface area contributed by atoms with Gasteiger partial charge in [-0.25, -0.2) is 4.99 Å². The maximum Gasteiger partial charge on any atom is 0.191 e. The van der Waals surface area contributed by atoms with Gasteiger partial charge in [0.05, 0.1) is 11.8 Å². The molecule has 0 saturated carbocycles. The van der Waals surface area contributed by atoms with E-state index in [1.807, 2.05) is 12.1 Å². The summed E-state index contributed by atoms with van der Waals surface area (Å²) in [5.74, 6) is 2.35. The van der Waals surface area contributed by atoms with Gasteiger partial charge in [0.1, 0.15) is 6.54 Å². The maximum absolute atomic E-state index is 5.97. The second-order valence-corrected chi connectivity index (χ2v) is 7.20. The molecule has 2 heterocycles. The molecule has 0 radical (unpaired) electrons. The third-order valence-electron chi connectivity index (χ3n) is 4.78. The van der Waals surface area contributed by atoms with E-state index >= 15 is 0 Å². The molecule has 1 saturated heterocycles. The number of benzene rings is 1. The number of nitrogens with one attached hydrogen (secondary N) is 2. The molecule has 1 aliphatic rings. The fraction of sp³-hybridized carbons (Fsp3) is 0.524. The number of guanidine groups is 1. The molecule has 146 valence electrons. The highest BCUT2D eigenvalue weighted by Crippen LogP contribution is 2.33. The first kappa shape index (κ1) is 19.4. The zero-order valence-electron chi connectivity index (χ0n) is 16.4. The lowest BCUT2D eigenvalue weighted by atomic mass is 9.95. The first-order valence-corrected chi connectivity index (χ1v) is 9.81. The highest BCUT2D eigenvalue weighted by atomic mass is 16.5. The highest BCUT2D eigenvalue weighted by Gasteiger charge is 2.29. The number of nitrogens with zero attached hydrogens (tertiary/aromatic N) is 2. The molecule has 1 fully saturated rings. The van der Waals surface area contributed by atoms with E-state index in [-0.39, 0.29) is 6.10 Å². The third-order valence-corrected chi connectivity index (χ3v) is 4.78. The van der Waals surface area contributed by atoms with E-state index in [0.29, 0.717) is 18.4 Å². The topological polar surface area (TPSA) is 71.7 Å². The first-order valence-electron chi connectivity index (χ1n) is 9.81. The molecule has 2 N–H and O–H groups in total. The van der Waals surface area contributed by atoms with Crippen LogP contribution in [0.3, 0.4) is 0 Å². The monoisotopic (exact) mass is 370 g/mol. The van der Waals surface area contributed by atoms with Gasteiger partial charge in [-0.2, -0.15) is 0 Å². The Hall–Kier alpha value is -2.34. The third kappa shape index (κ3) is 5.32. The Morgan fingerprint density at radius 2 is 2.07 bits per heavy atom. The fourth-order valence-corrected chi connectivity index (χ4v) is 3.26. The van der Waals surface area contributed by atoms with Gasteiger partial charge in [0.25, 0.3) is 0 Å². The van der Waals surface area contributed by atoms with Gasteiger partial charge in [-0.1, -0.05) is 49.3 Å². The van der Waals surface area contributed by atoms with Crippen molar-refractivity contribution in [1.82, 2.24) is 15.8 Å². The molecule has 2 unspecified atom stereocenters. The summed E-state index contributed by atoms with van der Waals surface area (Å²) < 4.78 is 11.3. The Morgan fingerprint density at radius 1 is 1.26 bits per heavy atom. The number of aliphatic imine (C=N–C) groups is 1. The molecule has 2 atom stereocenters. The molecule has 27 heavy (non-hydrogen) atoms. The number of aromatic nitrogens is 1. The van der Waals surface area contributed by atoms with Crippen molar-refractivity contribution in [2.45, 2.75) is 45.8 Å². The van der Waals surface area contributed by atoms with E-state index in [0.717, 1.165) is 43.5 Å². The highest BCUT2D eigenvalue weighted by molar-refractivity contribution is 5.79. The Balaban J connectivity index is 1.58. The van der Waals surface area contributed by atoms with Crippen LogP contribution in [0.15, 0.2) is 45.9 Å². The zero-order chi connectivity index (χ0) is 19.1. The van der Waals surface area contributed by atoms with Crippen LogP contribution >= 0.6 is 0 Å². The number of hydrogen-bond donors (Lipinski definition) is 2. The average Bonchev–Trinajstić information content (AvgIpc) is 3.34. The Morgan fingerprint density at radius 3 is 2.78 bits per heavy atom. The summed E-state index contributed by atoms with van der Waals surface area (Å²) in [6.45, 7) is 9.16. The molecule has 0 amide bonds. The van der Waals surface area contributed by atoms with E-state index in [2.05, 4.69) is 65.8 Å². The SMILES string of the molecule is CCNC(=NCc1cc(C(C)C)no1)NCC1CCOC1c1ccccc1. The van der Waals surface area contributed by atoms with Gasteiger partial charge < -0.3 is 19.9 Å². The minimum Gasteiger partial charge on any atom is -0.373 e. The lowest BCUT2D eigenvalue weighted by Gasteiger charge is -2.20. The summed E-state index contributed by atoms with van der Waals surface area (Å²) >= 11 is 0. The van der Waals surface area contributed by atoms with Crippen molar-refractivity contribution in [1.29, 1.82) is 0 Å². The average molecular weight is 370 g/mol. The molecule has 3 rings (SSSR count). The fourth-order valence-electron chi connectivity index (χ4n) is 3.26. The Labute approximate surface area is 161 Å². The normalized spacial score (nSPS) is 20.2. The number of ether oxygens (including phenoxy) is 1. The molecular formula is C21H30N4O2. The molecule has 1 aromatic heterocycles. The van der Waals surface area contributed by atoms with Crippen molar-refractivity contribution in [3.63, 3.8) is 0 Å². The van der Waals surface area contributed by atoms with Crippen molar-refractivity contribution in [3.05, 3.63) is 53.4 Å². The van der Waals surface area contributed by atoms with Crippen molar-refractivity contribution in [2.75, 3.05) is 19.7 Å². The summed E-state index contributed by atoms with van der Waals surface area (Å²) in [6, 6.07) is 12.4. The molecule has 2 aromatic rings. The summed E-state index contributed by atoms with van der Waals surface area (Å²) in [5, 5.41) is 10.8. The zero-order valence-corrected chi connectivity index (χ0v) is 16.4. The lowest BCUT2D eigenvalue weighted by molar-refractivity contribution is 0.0915. The van der Waals surface area contributed by atoms with Crippen molar-refractivity contribution >= 4 is 5.96 Å². The van der Waals surface area contributed by atoms with Crippen LogP contribution in [0, 0.1) is 5.92 Å². The minimum atomic E-state index is 0.143. The van der Waals surface area contributed by atoms with Crippen molar-refractivity contribution in [2.24, 2.45) is 10.9 Å². The number of rotatable bonds is 7. The molecule has 1 aliphatic heterocycles. The van der Waals surface area contributed by atoms with Crippen LogP contribution in [0.25, 0.3) is 0 Å². The van der Waals surface area contributed by atoms with Crippen LogP contribution in [0.5, 0.6) is 0 Å². The molecule has 1 aromatic carbocycles. The smallest absolute Gasteiger partial charge is 0.191 e. The number of hydrogen-bond acceptors (Lipinski definition) is 4. The van der Waals surface area contributed by atoms with E-state index in [1.54, 1.807) is 0 Å². The summed E-state index contributed by atoms with van der Waals surface area (Å²) in [5.41, 5.74) is 2.21. The summed E-state index contributed by atoms with van der Waals surface area (Å²) in [4.78, 5) is 4.63. The maximum atomic E-state index is 5.97. The summed E-state index contributed by atoms with van der Waals surface area (Å²) in [6.07, 6.45) is 1.19. The molecule has 6 nitrogen and oxygen atoms in total. The van der Waals surface area contributed by atoms with Crippen molar-refractivity contribution < 1.29 is 9.26 Å². The van der Waals surface area contributed by atoms with Gasteiger partial charge >= 0.3 is 0 Å². The standard InChI is InChI=1S/C21H30N4O2/c1-4-22-21(24-14-18-12-19(15(2)3)25-27-18)23-13-17-10-11-26-20(17)16-8-6-5-7-9-16/h5-9,12,15,17,20H,4,10-11,13-14H2,1-3H3,(H2,22,23,24). The van der Waals surface area contributed by atoms with Gasteiger partial charge in [-0.3, -0.25) is 0 Å². The predicted octanol–water partition coefficient (Wildman–Crippen LogP) is 3.63. The van der Waals surface area contributed by atoms with Gasteiger partial charge in [-0.15, -0.1) is 0 Å². The van der Waals surface area contributed by atoms with Crippen molar-refractivity contribution in [3.8, 4) is 0 Å². The van der Waals surface area contributed by atoms with E-state index in [4.69, 9.17) is 9.26 Å². The van der Waals surface area contributed by atoms with Crippen LogP contribution < -0.4 is 10.6 Å². The van der Waals surface area contributed by atoms with Crippen LogP contribution in [0.2, 0.25) is 0 Å². The van der Waals surface area contributed by atoms with Gasteiger partial charge in [0, 0.05) is 31.7 Å². The largest absolute Gasteiger partial charge is 0.373 e. The van der Waals surface area contributed by atoms with E-state index in [1.165, 1.54) is 5.56 Å². The Kier molecular flexibility index (Phi) is 6.87. The predicted molar refractivity (Wildman–Crippen MR) is 107 cm³/mol. The van der Waals surface area contributed by atoms with Gasteiger partial charge in [0.15, 0.2) is 11.7 Å². The lowest BCUT2D eigenvalue weighted by Crippen LogP contribution is -2.40. The quantitative estimate of drug-likeness (QED) is 0.575. The Bertz CT molecular complexity index is 727. The molecule has 0 aliphatic carbocycles. The van der Waals surface area contributed by atoms with E-state index < -0.39 is 0 Å². The van der Waals surface area contributed by atoms with Crippen LogP contribution in [0.1, 0.15) is 56.2 Å². The molecule has 0 spiro atoms. The molecule has 6 heteroatoms. The van der Waals surface area contributed by atoms with Gasteiger partial charge in [-0.05, 0) is 24.8 Å². The molecule has 0 bridgehead atoms. The first-order chi connectivity index (χ1) is 13.2. The van der Waals surface area contributed by atoms with Gasteiger partial charge in [0.2, 0.25) is 0 Å². The van der Waals surface area contributed by atoms with Crippen LogP contribution in [0.4, 0.5) is 0 Å². The van der Waals surface area contributed by atoms with E-state index in [9.17, 15) is 0 Å². The van der Waals surface area contributed by atoms with Crippen LogP contribution in [-0.4, -0.2) is 30.8 Å². The molecular weight excluding hydrogens is 340 g/mol. The second kappa shape index (κ2) is 9.55. The minimum absolute atomic E-state index is 0.143. The second-order valence-electron chi connectivity index (χ2n) is 7.20. The summed E-state index contributed by atoms with van der Waals surface area (Å²) in [7, 11) is 0. The van der Waals surface area contributed by atoms with Crippen LogP contribution in [-0.2, 0) is 11.3 Å².